The molecule has 1 unspecified atom stereocenters. The van der Waals surface area contributed by atoms with Crippen LogP contribution >= 0.6 is 22.6 Å². The lowest BCUT2D eigenvalue weighted by atomic mass is 9.81. The second-order valence-electron chi connectivity index (χ2n) is 7.94. The van der Waals surface area contributed by atoms with Crippen molar-refractivity contribution in [1.29, 1.82) is 0 Å². The van der Waals surface area contributed by atoms with Crippen molar-refractivity contribution in [3.05, 3.63) is 27.5 Å². The first-order valence-electron chi connectivity index (χ1n) is 9.87. The first-order valence-corrected chi connectivity index (χ1v) is 10.9. The summed E-state index contributed by atoms with van der Waals surface area (Å²) in [6, 6.07) is 5.64. The first-order chi connectivity index (χ1) is 13.5. The van der Waals surface area contributed by atoms with Gasteiger partial charge >= 0.3 is 0 Å². The van der Waals surface area contributed by atoms with Crippen molar-refractivity contribution in [2.24, 2.45) is 0 Å². The normalized spacial score (nSPS) is 29.1. The SMILES string of the molecule is C[C@@H]1CC(CNC(=O)c2ccc3n[nH]c(I)c3c2)(N2CCOCC2)C[C@H](C)O1. The van der Waals surface area contributed by atoms with Gasteiger partial charge in [0.15, 0.2) is 0 Å². The zero-order valence-electron chi connectivity index (χ0n) is 16.3. The van der Waals surface area contributed by atoms with Gasteiger partial charge in [-0.3, -0.25) is 14.8 Å². The van der Waals surface area contributed by atoms with Crippen molar-refractivity contribution in [2.75, 3.05) is 32.8 Å². The summed E-state index contributed by atoms with van der Waals surface area (Å²) in [5.41, 5.74) is 1.44. The van der Waals surface area contributed by atoms with Gasteiger partial charge in [-0.15, -0.1) is 0 Å². The van der Waals surface area contributed by atoms with Gasteiger partial charge in [-0.05, 0) is 67.5 Å². The lowest BCUT2D eigenvalue weighted by Crippen LogP contribution is -2.63. The Bertz CT molecular complexity index is 839. The Morgan fingerprint density at radius 3 is 2.75 bits per heavy atom. The molecule has 1 aromatic heterocycles. The third kappa shape index (κ3) is 4.05. The van der Waals surface area contributed by atoms with Crippen LogP contribution < -0.4 is 5.32 Å². The highest BCUT2D eigenvalue weighted by Gasteiger charge is 2.43. The number of hydrogen-bond acceptors (Lipinski definition) is 5. The number of carbonyl (C=O) groups is 1. The third-order valence-corrected chi connectivity index (χ3v) is 6.65. The minimum absolute atomic E-state index is 0.0432. The number of morpholine rings is 1. The average molecular weight is 498 g/mol. The molecule has 2 fully saturated rings. The van der Waals surface area contributed by atoms with Crippen LogP contribution in [0.2, 0.25) is 0 Å². The molecule has 0 saturated carbocycles. The topological polar surface area (TPSA) is 79.5 Å². The smallest absolute Gasteiger partial charge is 0.251 e. The number of fused-ring (bicyclic) bond motifs is 1. The van der Waals surface area contributed by atoms with Gasteiger partial charge in [0.05, 0.1) is 30.9 Å². The summed E-state index contributed by atoms with van der Waals surface area (Å²) in [6.07, 6.45) is 2.17. The van der Waals surface area contributed by atoms with Gasteiger partial charge in [0.2, 0.25) is 0 Å². The molecule has 4 rings (SSSR count). The zero-order valence-corrected chi connectivity index (χ0v) is 18.5. The standard InChI is InChI=1S/C20H27IN4O3/c1-13-10-20(11-14(2)28-13,25-5-7-27-8-6-25)12-22-19(26)15-3-4-17-16(9-15)18(21)24-23-17/h3-4,9,13-14H,5-8,10-12H2,1-2H3,(H,22,26)(H,23,24)/t13-,14+,20?. The molecule has 1 aromatic carbocycles. The lowest BCUT2D eigenvalue weighted by Gasteiger charge is -2.51. The summed E-state index contributed by atoms with van der Waals surface area (Å²) in [5, 5.41) is 11.4. The van der Waals surface area contributed by atoms with E-state index in [-0.39, 0.29) is 23.7 Å². The van der Waals surface area contributed by atoms with Crippen LogP contribution in [-0.4, -0.2) is 71.6 Å². The number of carbonyl (C=O) groups excluding carboxylic acids is 1. The fraction of sp³-hybridized carbons (Fsp3) is 0.600. The molecular formula is C20H27IN4O3. The van der Waals surface area contributed by atoms with E-state index in [0.717, 1.165) is 53.7 Å². The van der Waals surface area contributed by atoms with Gasteiger partial charge in [-0.2, -0.15) is 5.10 Å². The molecule has 2 N–H and O–H groups in total. The van der Waals surface area contributed by atoms with Crippen LogP contribution in [0.25, 0.3) is 10.9 Å². The second-order valence-corrected chi connectivity index (χ2v) is 9.02. The fourth-order valence-corrected chi connectivity index (χ4v) is 5.22. The van der Waals surface area contributed by atoms with E-state index >= 15 is 0 Å². The van der Waals surface area contributed by atoms with Gasteiger partial charge in [0, 0.05) is 36.1 Å². The van der Waals surface area contributed by atoms with Crippen LogP contribution in [0.3, 0.4) is 0 Å². The number of ether oxygens (including phenoxy) is 2. The number of rotatable bonds is 4. The van der Waals surface area contributed by atoms with Gasteiger partial charge in [0.25, 0.3) is 5.91 Å². The molecule has 1 amide bonds. The third-order valence-electron chi connectivity index (χ3n) is 5.83. The molecule has 3 atom stereocenters. The monoisotopic (exact) mass is 498 g/mol. The second kappa shape index (κ2) is 8.25. The number of hydrogen-bond donors (Lipinski definition) is 2. The van der Waals surface area contributed by atoms with Crippen LogP contribution in [0.4, 0.5) is 0 Å². The molecule has 0 aliphatic carbocycles. The molecule has 2 aliphatic rings. The Morgan fingerprint density at radius 2 is 2.04 bits per heavy atom. The summed E-state index contributed by atoms with van der Waals surface area (Å²) < 4.78 is 12.5. The number of halogens is 1. The van der Waals surface area contributed by atoms with Gasteiger partial charge in [0.1, 0.15) is 3.70 Å². The maximum atomic E-state index is 12.9. The van der Waals surface area contributed by atoms with E-state index in [2.05, 4.69) is 56.9 Å². The van der Waals surface area contributed by atoms with Crippen molar-refractivity contribution >= 4 is 39.4 Å². The number of benzene rings is 1. The van der Waals surface area contributed by atoms with E-state index in [9.17, 15) is 4.79 Å². The van der Waals surface area contributed by atoms with Crippen LogP contribution in [0.5, 0.6) is 0 Å². The van der Waals surface area contributed by atoms with E-state index in [0.29, 0.717) is 12.1 Å². The highest BCUT2D eigenvalue weighted by Crippen LogP contribution is 2.34. The van der Waals surface area contributed by atoms with Gasteiger partial charge in [-0.1, -0.05) is 0 Å². The molecule has 2 aromatic rings. The van der Waals surface area contributed by atoms with Crippen molar-refractivity contribution in [2.45, 2.75) is 44.4 Å². The van der Waals surface area contributed by atoms with Crippen molar-refractivity contribution in [3.8, 4) is 0 Å². The first kappa shape index (κ1) is 20.1. The highest BCUT2D eigenvalue weighted by atomic mass is 127. The van der Waals surface area contributed by atoms with Gasteiger partial charge in [-0.25, -0.2) is 0 Å². The Morgan fingerprint density at radius 1 is 1.32 bits per heavy atom. The minimum atomic E-state index is -0.0926. The molecule has 28 heavy (non-hydrogen) atoms. The van der Waals surface area contributed by atoms with Crippen LogP contribution in [-0.2, 0) is 9.47 Å². The maximum Gasteiger partial charge on any atom is 0.251 e. The molecular weight excluding hydrogens is 471 g/mol. The number of aromatic nitrogens is 2. The van der Waals surface area contributed by atoms with E-state index < -0.39 is 0 Å². The Kier molecular flexibility index (Phi) is 5.91. The van der Waals surface area contributed by atoms with Gasteiger partial charge < -0.3 is 14.8 Å². The van der Waals surface area contributed by atoms with E-state index in [1.54, 1.807) is 0 Å². The number of nitrogens with zero attached hydrogens (tertiary/aromatic N) is 2. The van der Waals surface area contributed by atoms with Crippen molar-refractivity contribution in [1.82, 2.24) is 20.4 Å². The summed E-state index contributed by atoms with van der Waals surface area (Å²) in [7, 11) is 0. The van der Waals surface area contributed by atoms with Crippen molar-refractivity contribution < 1.29 is 14.3 Å². The van der Waals surface area contributed by atoms with Crippen molar-refractivity contribution in [3.63, 3.8) is 0 Å². The number of H-pyrrole nitrogens is 1. The molecule has 0 spiro atoms. The molecule has 152 valence electrons. The number of nitrogens with one attached hydrogen (secondary N) is 2. The molecule has 0 bridgehead atoms. The summed E-state index contributed by atoms with van der Waals surface area (Å²) >= 11 is 2.20. The predicted molar refractivity (Wildman–Crippen MR) is 116 cm³/mol. The zero-order chi connectivity index (χ0) is 19.7. The lowest BCUT2D eigenvalue weighted by molar-refractivity contribution is -0.122. The quantitative estimate of drug-likeness (QED) is 0.634. The van der Waals surface area contributed by atoms with E-state index in [4.69, 9.17) is 9.47 Å². The Labute approximate surface area is 178 Å². The Balaban J connectivity index is 1.52. The Hall–Kier alpha value is -1.23. The molecule has 0 radical (unpaired) electrons. The average Bonchev–Trinajstić information content (AvgIpc) is 3.06. The van der Waals surface area contributed by atoms with Crippen LogP contribution in [0.1, 0.15) is 37.0 Å². The number of aromatic amines is 1. The molecule has 2 saturated heterocycles. The molecule has 2 aliphatic heterocycles. The van der Waals surface area contributed by atoms with E-state index in [1.807, 2.05) is 18.2 Å². The predicted octanol–water partition coefficient (Wildman–Crippen LogP) is 2.56. The number of amides is 1. The molecule has 3 heterocycles. The maximum absolute atomic E-state index is 12.9. The summed E-state index contributed by atoms with van der Waals surface area (Å²) in [5.74, 6) is -0.0432. The summed E-state index contributed by atoms with van der Waals surface area (Å²) in [6.45, 7) is 8.15. The fourth-order valence-electron chi connectivity index (χ4n) is 4.67. The summed E-state index contributed by atoms with van der Waals surface area (Å²) in [4.78, 5) is 15.4. The largest absolute Gasteiger partial charge is 0.379 e. The minimum Gasteiger partial charge on any atom is -0.379 e. The highest BCUT2D eigenvalue weighted by molar-refractivity contribution is 14.1. The van der Waals surface area contributed by atoms with Crippen LogP contribution in [0.15, 0.2) is 18.2 Å². The molecule has 8 heteroatoms. The van der Waals surface area contributed by atoms with Crippen LogP contribution in [0, 0.1) is 3.70 Å². The molecule has 7 nitrogen and oxygen atoms in total. The van der Waals surface area contributed by atoms with E-state index in [1.165, 1.54) is 0 Å².